The molecular weight excluding hydrogens is 280 g/mol. The monoisotopic (exact) mass is 292 g/mol. The van der Waals surface area contributed by atoms with E-state index in [0.717, 1.165) is 35.1 Å². The van der Waals surface area contributed by atoms with Crippen LogP contribution in [0.15, 0.2) is 35.1 Å². The van der Waals surface area contributed by atoms with E-state index in [1.165, 1.54) is 0 Å². The second-order valence-corrected chi connectivity index (χ2v) is 4.70. The standard InChI is InChI=1S/C13H13BrN2O/c1-2-3-13-15-6-7-16(13)12-8-11(14)5-4-10(12)9-17/h4-9H,2-3H2,1H3. The first-order valence-electron chi connectivity index (χ1n) is 5.53. The maximum absolute atomic E-state index is 11.1. The van der Waals surface area contributed by atoms with Crippen molar-refractivity contribution < 1.29 is 4.79 Å². The van der Waals surface area contributed by atoms with Crippen LogP contribution in [-0.2, 0) is 6.42 Å². The third kappa shape index (κ3) is 2.47. The molecule has 0 aliphatic heterocycles. The van der Waals surface area contributed by atoms with Gasteiger partial charge in [0, 0.05) is 28.9 Å². The van der Waals surface area contributed by atoms with Crippen molar-refractivity contribution in [3.05, 3.63) is 46.5 Å². The molecule has 2 aromatic rings. The van der Waals surface area contributed by atoms with Crippen molar-refractivity contribution in [1.82, 2.24) is 9.55 Å². The van der Waals surface area contributed by atoms with Crippen LogP contribution < -0.4 is 0 Å². The molecule has 0 N–H and O–H groups in total. The van der Waals surface area contributed by atoms with Crippen molar-refractivity contribution in [1.29, 1.82) is 0 Å². The van der Waals surface area contributed by atoms with E-state index in [-0.39, 0.29) is 0 Å². The summed E-state index contributed by atoms with van der Waals surface area (Å²) in [7, 11) is 0. The van der Waals surface area contributed by atoms with E-state index in [2.05, 4.69) is 27.8 Å². The van der Waals surface area contributed by atoms with Gasteiger partial charge in [0.2, 0.25) is 0 Å². The van der Waals surface area contributed by atoms with Gasteiger partial charge in [-0.25, -0.2) is 4.98 Å². The normalized spacial score (nSPS) is 10.5. The molecule has 3 nitrogen and oxygen atoms in total. The molecule has 1 aromatic carbocycles. The fraction of sp³-hybridized carbons (Fsp3) is 0.231. The van der Waals surface area contributed by atoms with E-state index in [0.29, 0.717) is 5.56 Å². The Kier molecular flexibility index (Phi) is 3.74. The van der Waals surface area contributed by atoms with Gasteiger partial charge in [0.1, 0.15) is 5.82 Å². The lowest BCUT2D eigenvalue weighted by molar-refractivity contribution is 0.112. The summed E-state index contributed by atoms with van der Waals surface area (Å²) in [6, 6.07) is 5.61. The van der Waals surface area contributed by atoms with Crippen molar-refractivity contribution in [2.24, 2.45) is 0 Å². The lowest BCUT2D eigenvalue weighted by Gasteiger charge is -2.10. The summed E-state index contributed by atoms with van der Waals surface area (Å²) in [5, 5.41) is 0. The molecule has 0 radical (unpaired) electrons. The Bertz CT molecular complexity index is 534. The topological polar surface area (TPSA) is 34.9 Å². The van der Waals surface area contributed by atoms with Gasteiger partial charge in [-0.1, -0.05) is 22.9 Å². The molecule has 17 heavy (non-hydrogen) atoms. The van der Waals surface area contributed by atoms with Crippen LogP contribution >= 0.6 is 15.9 Å². The van der Waals surface area contributed by atoms with Crippen LogP contribution in [0, 0.1) is 0 Å². The molecule has 1 heterocycles. The first kappa shape index (κ1) is 12.0. The molecule has 0 saturated heterocycles. The van der Waals surface area contributed by atoms with Crippen LogP contribution in [0.25, 0.3) is 5.69 Å². The van der Waals surface area contributed by atoms with Crippen LogP contribution in [0.4, 0.5) is 0 Å². The summed E-state index contributed by atoms with van der Waals surface area (Å²) >= 11 is 3.42. The number of hydrogen-bond acceptors (Lipinski definition) is 2. The highest BCUT2D eigenvalue weighted by atomic mass is 79.9. The SMILES string of the molecule is CCCc1nccn1-c1cc(Br)ccc1C=O. The van der Waals surface area contributed by atoms with Gasteiger partial charge in [-0.3, -0.25) is 4.79 Å². The fourth-order valence-corrected chi connectivity index (χ4v) is 2.14. The van der Waals surface area contributed by atoms with E-state index in [1.807, 2.05) is 29.0 Å². The van der Waals surface area contributed by atoms with Gasteiger partial charge in [-0.15, -0.1) is 0 Å². The number of rotatable bonds is 4. The minimum Gasteiger partial charge on any atom is -0.303 e. The van der Waals surface area contributed by atoms with Crippen molar-refractivity contribution >= 4 is 22.2 Å². The van der Waals surface area contributed by atoms with Gasteiger partial charge in [0.05, 0.1) is 5.69 Å². The summed E-state index contributed by atoms with van der Waals surface area (Å²) in [4.78, 5) is 15.4. The van der Waals surface area contributed by atoms with Gasteiger partial charge in [-0.05, 0) is 24.6 Å². The van der Waals surface area contributed by atoms with Gasteiger partial charge in [0.25, 0.3) is 0 Å². The number of aromatic nitrogens is 2. The highest BCUT2D eigenvalue weighted by molar-refractivity contribution is 9.10. The van der Waals surface area contributed by atoms with Crippen LogP contribution in [0.2, 0.25) is 0 Å². The first-order chi connectivity index (χ1) is 8.26. The third-order valence-electron chi connectivity index (χ3n) is 2.57. The Morgan fingerprint density at radius 3 is 3.00 bits per heavy atom. The number of halogens is 1. The minimum absolute atomic E-state index is 0.670. The van der Waals surface area contributed by atoms with Crippen LogP contribution in [0.3, 0.4) is 0 Å². The predicted octanol–water partition coefficient (Wildman–Crippen LogP) is 3.40. The number of aryl methyl sites for hydroxylation is 1. The number of aldehydes is 1. The average molecular weight is 293 g/mol. The largest absolute Gasteiger partial charge is 0.303 e. The highest BCUT2D eigenvalue weighted by Gasteiger charge is 2.08. The number of benzene rings is 1. The Balaban J connectivity index is 2.54. The lowest BCUT2D eigenvalue weighted by atomic mass is 10.2. The maximum Gasteiger partial charge on any atom is 0.152 e. The number of carbonyl (C=O) groups is 1. The minimum atomic E-state index is 0.670. The van der Waals surface area contributed by atoms with E-state index in [4.69, 9.17) is 0 Å². The zero-order valence-corrected chi connectivity index (χ0v) is 11.1. The fourth-order valence-electron chi connectivity index (χ4n) is 1.79. The average Bonchev–Trinajstić information content (AvgIpc) is 2.77. The number of nitrogens with zero attached hydrogens (tertiary/aromatic N) is 2. The van der Waals surface area contributed by atoms with Gasteiger partial charge < -0.3 is 4.57 Å². The van der Waals surface area contributed by atoms with Gasteiger partial charge >= 0.3 is 0 Å². The predicted molar refractivity (Wildman–Crippen MR) is 70.6 cm³/mol. The molecule has 0 amide bonds. The molecule has 1 aromatic heterocycles. The summed E-state index contributed by atoms with van der Waals surface area (Å²) in [5.41, 5.74) is 1.54. The Morgan fingerprint density at radius 1 is 1.47 bits per heavy atom. The van der Waals surface area contributed by atoms with E-state index < -0.39 is 0 Å². The molecule has 0 fully saturated rings. The van der Waals surface area contributed by atoms with Crippen LogP contribution in [0.1, 0.15) is 29.5 Å². The molecule has 0 aliphatic rings. The Labute approximate surface area is 109 Å². The molecule has 0 spiro atoms. The van der Waals surface area contributed by atoms with Crippen molar-refractivity contribution in [3.8, 4) is 5.69 Å². The second kappa shape index (κ2) is 5.27. The molecule has 88 valence electrons. The van der Waals surface area contributed by atoms with Crippen LogP contribution in [0.5, 0.6) is 0 Å². The van der Waals surface area contributed by atoms with Crippen molar-refractivity contribution in [3.63, 3.8) is 0 Å². The van der Waals surface area contributed by atoms with Crippen LogP contribution in [-0.4, -0.2) is 15.8 Å². The van der Waals surface area contributed by atoms with E-state index in [1.54, 1.807) is 6.20 Å². The highest BCUT2D eigenvalue weighted by Crippen LogP contribution is 2.21. The molecule has 4 heteroatoms. The molecule has 0 unspecified atom stereocenters. The molecule has 0 atom stereocenters. The van der Waals surface area contributed by atoms with E-state index in [9.17, 15) is 4.79 Å². The zero-order valence-electron chi connectivity index (χ0n) is 9.56. The van der Waals surface area contributed by atoms with E-state index >= 15 is 0 Å². The third-order valence-corrected chi connectivity index (χ3v) is 3.06. The number of imidazole rings is 1. The summed E-state index contributed by atoms with van der Waals surface area (Å²) < 4.78 is 2.92. The number of hydrogen-bond donors (Lipinski definition) is 0. The molecule has 0 bridgehead atoms. The molecule has 0 aliphatic carbocycles. The Hall–Kier alpha value is -1.42. The summed E-state index contributed by atoms with van der Waals surface area (Å²) in [6.45, 7) is 2.11. The second-order valence-electron chi connectivity index (χ2n) is 3.78. The Morgan fingerprint density at radius 2 is 2.29 bits per heavy atom. The first-order valence-corrected chi connectivity index (χ1v) is 6.33. The molecular formula is C13H13BrN2O. The summed E-state index contributed by atoms with van der Waals surface area (Å²) in [5.74, 6) is 0.980. The number of carbonyl (C=O) groups excluding carboxylic acids is 1. The van der Waals surface area contributed by atoms with Crippen molar-refractivity contribution in [2.75, 3.05) is 0 Å². The quantitative estimate of drug-likeness (QED) is 0.810. The zero-order chi connectivity index (χ0) is 12.3. The van der Waals surface area contributed by atoms with Gasteiger partial charge in [0.15, 0.2) is 6.29 Å². The summed E-state index contributed by atoms with van der Waals surface area (Å²) in [6.07, 6.45) is 6.46. The maximum atomic E-state index is 11.1. The van der Waals surface area contributed by atoms with Crippen molar-refractivity contribution in [2.45, 2.75) is 19.8 Å². The molecule has 0 saturated carbocycles. The lowest BCUT2D eigenvalue weighted by Crippen LogP contribution is -2.03. The smallest absolute Gasteiger partial charge is 0.152 e. The van der Waals surface area contributed by atoms with Gasteiger partial charge in [-0.2, -0.15) is 0 Å². The molecule has 2 rings (SSSR count).